The van der Waals surface area contributed by atoms with Gasteiger partial charge in [0.05, 0.1) is 6.10 Å². The number of fused-ring (bicyclic) bond motifs is 1. The number of benzene rings is 3. The lowest BCUT2D eigenvalue weighted by Gasteiger charge is -2.21. The van der Waals surface area contributed by atoms with Crippen LogP contribution in [-0.4, -0.2) is 35.4 Å². The van der Waals surface area contributed by atoms with E-state index in [1.807, 2.05) is 42.1 Å². The largest absolute Gasteiger partial charge is 0.489 e. The Morgan fingerprint density at radius 3 is 2.53 bits per heavy atom. The molecule has 1 aliphatic heterocycles. The van der Waals surface area contributed by atoms with Crippen molar-refractivity contribution in [2.75, 3.05) is 25.4 Å². The summed E-state index contributed by atoms with van der Waals surface area (Å²) in [5.41, 5.74) is 3.41. The van der Waals surface area contributed by atoms with E-state index in [9.17, 15) is 5.11 Å². The zero-order valence-corrected chi connectivity index (χ0v) is 18.1. The summed E-state index contributed by atoms with van der Waals surface area (Å²) >= 11 is 1.90. The predicted octanol–water partition coefficient (Wildman–Crippen LogP) is 5.34. The lowest BCUT2D eigenvalue weighted by molar-refractivity contribution is 0.120. The molecule has 0 aromatic heterocycles. The van der Waals surface area contributed by atoms with E-state index in [2.05, 4.69) is 53.4 Å². The molecule has 0 saturated heterocycles. The zero-order chi connectivity index (χ0) is 20.6. The monoisotopic (exact) mass is 419 g/mol. The Labute approximate surface area is 183 Å². The first kappa shape index (κ1) is 21.0. The van der Waals surface area contributed by atoms with Crippen LogP contribution in [0.4, 0.5) is 0 Å². The van der Waals surface area contributed by atoms with E-state index >= 15 is 0 Å². The topological polar surface area (TPSA) is 32.7 Å². The van der Waals surface area contributed by atoms with Gasteiger partial charge in [-0.3, -0.25) is 0 Å². The molecule has 1 atom stereocenters. The second kappa shape index (κ2) is 10.7. The first-order valence-corrected chi connectivity index (χ1v) is 11.6. The molecule has 1 aliphatic rings. The minimum absolute atomic E-state index is 0.438. The van der Waals surface area contributed by atoms with Crippen LogP contribution in [0.2, 0.25) is 0 Å². The van der Waals surface area contributed by atoms with Gasteiger partial charge in [-0.15, -0.1) is 11.8 Å². The molecule has 4 rings (SSSR count). The maximum absolute atomic E-state index is 10.8. The van der Waals surface area contributed by atoms with Crippen LogP contribution in [0.3, 0.4) is 0 Å². The van der Waals surface area contributed by atoms with Gasteiger partial charge in [0.1, 0.15) is 12.4 Å². The molecule has 30 heavy (non-hydrogen) atoms. The van der Waals surface area contributed by atoms with Gasteiger partial charge in [-0.1, -0.05) is 54.6 Å². The Kier molecular flexibility index (Phi) is 7.46. The highest BCUT2D eigenvalue weighted by Gasteiger charge is 2.21. The van der Waals surface area contributed by atoms with Crippen molar-refractivity contribution in [1.82, 2.24) is 4.90 Å². The SMILES string of the molecule is OC1CN(CCCSc2ccccc2)CCc2cc(OCc3ccccc3)ccc21. The lowest BCUT2D eigenvalue weighted by Crippen LogP contribution is -2.29. The normalized spacial score (nSPS) is 16.6. The van der Waals surface area contributed by atoms with E-state index < -0.39 is 6.10 Å². The van der Waals surface area contributed by atoms with Gasteiger partial charge < -0.3 is 14.7 Å². The number of hydrogen-bond acceptors (Lipinski definition) is 4. The highest BCUT2D eigenvalue weighted by Crippen LogP contribution is 2.28. The Balaban J connectivity index is 1.29. The Hall–Kier alpha value is -2.27. The number of aliphatic hydroxyl groups excluding tert-OH is 1. The predicted molar refractivity (Wildman–Crippen MR) is 124 cm³/mol. The van der Waals surface area contributed by atoms with Gasteiger partial charge in [0.25, 0.3) is 0 Å². The molecule has 1 unspecified atom stereocenters. The molecule has 1 N–H and O–H groups in total. The molecule has 3 nitrogen and oxygen atoms in total. The number of ether oxygens (including phenoxy) is 1. The summed E-state index contributed by atoms with van der Waals surface area (Å²) in [7, 11) is 0. The molecular weight excluding hydrogens is 390 g/mol. The molecule has 0 bridgehead atoms. The second-order valence-corrected chi connectivity index (χ2v) is 8.88. The van der Waals surface area contributed by atoms with Gasteiger partial charge >= 0.3 is 0 Å². The van der Waals surface area contributed by atoms with Gasteiger partial charge in [-0.05, 0) is 66.1 Å². The molecule has 0 saturated carbocycles. The van der Waals surface area contributed by atoms with Crippen molar-refractivity contribution in [1.29, 1.82) is 0 Å². The highest BCUT2D eigenvalue weighted by atomic mass is 32.2. The molecule has 0 fully saturated rings. The van der Waals surface area contributed by atoms with Crippen molar-refractivity contribution < 1.29 is 9.84 Å². The van der Waals surface area contributed by atoms with Crippen LogP contribution in [-0.2, 0) is 13.0 Å². The van der Waals surface area contributed by atoms with Crippen molar-refractivity contribution in [2.24, 2.45) is 0 Å². The first-order valence-electron chi connectivity index (χ1n) is 10.7. The summed E-state index contributed by atoms with van der Waals surface area (Å²) in [6.07, 6.45) is 1.63. The van der Waals surface area contributed by atoms with Crippen molar-refractivity contribution in [3.8, 4) is 5.75 Å². The van der Waals surface area contributed by atoms with Crippen LogP contribution >= 0.6 is 11.8 Å². The maximum atomic E-state index is 10.8. The number of nitrogens with zero attached hydrogens (tertiary/aromatic N) is 1. The van der Waals surface area contributed by atoms with Crippen LogP contribution < -0.4 is 4.74 Å². The van der Waals surface area contributed by atoms with Crippen molar-refractivity contribution in [3.63, 3.8) is 0 Å². The number of rotatable bonds is 8. The van der Waals surface area contributed by atoms with Crippen LogP contribution in [0.15, 0.2) is 83.8 Å². The summed E-state index contributed by atoms with van der Waals surface area (Å²) < 4.78 is 5.98. The third-order valence-corrected chi connectivity index (χ3v) is 6.58. The first-order chi connectivity index (χ1) is 14.8. The molecule has 3 aromatic carbocycles. The fourth-order valence-corrected chi connectivity index (χ4v) is 4.72. The summed E-state index contributed by atoms with van der Waals surface area (Å²) in [5.74, 6) is 1.97. The van der Waals surface area contributed by atoms with Crippen molar-refractivity contribution >= 4 is 11.8 Å². The third kappa shape index (κ3) is 5.88. The number of β-amino-alcohol motifs (C(OH)–C–C–N with tert-alkyl or cyclic N) is 1. The maximum Gasteiger partial charge on any atom is 0.120 e. The van der Waals surface area contributed by atoms with E-state index in [1.54, 1.807) is 0 Å². The smallest absolute Gasteiger partial charge is 0.120 e. The molecule has 0 amide bonds. The van der Waals surface area contributed by atoms with Gasteiger partial charge in [0, 0.05) is 18.0 Å². The molecule has 4 heteroatoms. The number of aliphatic hydroxyl groups is 1. The average molecular weight is 420 g/mol. The summed E-state index contributed by atoms with van der Waals surface area (Å²) in [6, 6.07) is 26.9. The zero-order valence-electron chi connectivity index (χ0n) is 17.2. The minimum atomic E-state index is -0.438. The van der Waals surface area contributed by atoms with Gasteiger partial charge in [-0.25, -0.2) is 0 Å². The van der Waals surface area contributed by atoms with E-state index in [1.165, 1.54) is 10.5 Å². The van der Waals surface area contributed by atoms with E-state index in [0.717, 1.165) is 48.6 Å². The molecule has 3 aromatic rings. The molecule has 0 aliphatic carbocycles. The number of hydrogen-bond donors (Lipinski definition) is 1. The van der Waals surface area contributed by atoms with Gasteiger partial charge in [-0.2, -0.15) is 0 Å². The van der Waals surface area contributed by atoms with Crippen molar-refractivity contribution in [3.05, 3.63) is 95.6 Å². The summed E-state index contributed by atoms with van der Waals surface area (Å²) in [5, 5.41) is 10.8. The molecule has 0 radical (unpaired) electrons. The Morgan fingerprint density at radius 1 is 0.967 bits per heavy atom. The van der Waals surface area contributed by atoms with Crippen LogP contribution in [0.1, 0.15) is 29.2 Å². The Bertz CT molecular complexity index is 917. The molecular formula is C26H29NO2S. The van der Waals surface area contributed by atoms with Gasteiger partial charge in [0.15, 0.2) is 0 Å². The lowest BCUT2D eigenvalue weighted by atomic mass is 10.0. The van der Waals surface area contributed by atoms with E-state index in [0.29, 0.717) is 13.2 Å². The highest BCUT2D eigenvalue weighted by molar-refractivity contribution is 7.99. The van der Waals surface area contributed by atoms with Gasteiger partial charge in [0.2, 0.25) is 0 Å². The van der Waals surface area contributed by atoms with E-state index in [-0.39, 0.29) is 0 Å². The average Bonchev–Trinajstić information content (AvgIpc) is 2.95. The van der Waals surface area contributed by atoms with Crippen LogP contribution in [0, 0.1) is 0 Å². The van der Waals surface area contributed by atoms with E-state index in [4.69, 9.17) is 4.74 Å². The van der Waals surface area contributed by atoms with Crippen LogP contribution in [0.5, 0.6) is 5.75 Å². The third-order valence-electron chi connectivity index (χ3n) is 5.48. The van der Waals surface area contributed by atoms with Crippen LogP contribution in [0.25, 0.3) is 0 Å². The van der Waals surface area contributed by atoms with Crippen molar-refractivity contribution in [2.45, 2.75) is 30.4 Å². The summed E-state index contributed by atoms with van der Waals surface area (Å²) in [4.78, 5) is 3.71. The second-order valence-electron chi connectivity index (χ2n) is 7.72. The Morgan fingerprint density at radius 2 is 1.73 bits per heavy atom. The molecule has 1 heterocycles. The fraction of sp³-hybridized carbons (Fsp3) is 0.308. The fourth-order valence-electron chi connectivity index (χ4n) is 3.87. The molecule has 156 valence electrons. The summed E-state index contributed by atoms with van der Waals surface area (Å²) in [6.45, 7) is 3.26. The standard InChI is InChI=1S/C26H29NO2S/c28-26-19-27(15-7-17-30-24-10-5-2-6-11-24)16-14-22-18-23(12-13-25(22)26)29-20-21-8-3-1-4-9-21/h1-6,8-13,18,26,28H,7,14-17,19-20H2. The molecule has 0 spiro atoms. The minimum Gasteiger partial charge on any atom is -0.489 e. The number of thioether (sulfide) groups is 1. The quantitative estimate of drug-likeness (QED) is 0.395.